The van der Waals surface area contributed by atoms with E-state index in [0.29, 0.717) is 4.47 Å². The first-order valence-electron chi connectivity index (χ1n) is 11.1. The fourth-order valence-electron chi connectivity index (χ4n) is 6.12. The van der Waals surface area contributed by atoms with Gasteiger partial charge >= 0.3 is 0 Å². The average molecular weight is 547 g/mol. The Balaban J connectivity index is 1.41. The van der Waals surface area contributed by atoms with Gasteiger partial charge in [-0.2, -0.15) is 8.42 Å². The van der Waals surface area contributed by atoms with Gasteiger partial charge in [-0.25, -0.2) is 9.37 Å². The van der Waals surface area contributed by atoms with Crippen LogP contribution in [-0.2, 0) is 26.2 Å². The van der Waals surface area contributed by atoms with Gasteiger partial charge in [-0.15, -0.1) is 4.40 Å². The normalized spacial score (nSPS) is 31.1. The zero-order chi connectivity index (χ0) is 23.8. The molecule has 1 saturated heterocycles. The SMILES string of the molecule is O=C1C(C2=NS(=O)(=O)c3cc(Br)cnc3N2)C(=O)N(Cc2ccc(F)cc2)C2C1[C@H]1CC[C@@H]2C1. The third-order valence-electron chi connectivity index (χ3n) is 7.48. The van der Waals surface area contributed by atoms with Crippen LogP contribution in [0.1, 0.15) is 24.8 Å². The summed E-state index contributed by atoms with van der Waals surface area (Å²) in [6.07, 6.45) is 4.18. The molecule has 3 unspecified atom stereocenters. The van der Waals surface area contributed by atoms with Gasteiger partial charge < -0.3 is 10.2 Å². The zero-order valence-electron chi connectivity index (χ0n) is 17.8. The summed E-state index contributed by atoms with van der Waals surface area (Å²) in [5.74, 6) is -2.63. The molecule has 6 rings (SSSR count). The molecule has 4 aliphatic rings. The number of amidine groups is 1. The number of pyridine rings is 1. The van der Waals surface area contributed by atoms with Crippen molar-refractivity contribution in [2.45, 2.75) is 36.7 Å². The Kier molecular flexibility index (Phi) is 4.93. The van der Waals surface area contributed by atoms with Crippen molar-refractivity contribution in [2.75, 3.05) is 5.32 Å². The third-order valence-corrected chi connectivity index (χ3v) is 9.22. The Morgan fingerprint density at radius 2 is 1.88 bits per heavy atom. The summed E-state index contributed by atoms with van der Waals surface area (Å²) in [5.41, 5.74) is 0.743. The first-order chi connectivity index (χ1) is 16.2. The molecule has 5 atom stereocenters. The quantitative estimate of drug-likeness (QED) is 0.592. The number of fused-ring (bicyclic) bond motifs is 6. The average Bonchev–Trinajstić information content (AvgIpc) is 3.40. The highest BCUT2D eigenvalue weighted by atomic mass is 79.9. The van der Waals surface area contributed by atoms with Gasteiger partial charge in [0.1, 0.15) is 16.5 Å². The van der Waals surface area contributed by atoms with Crippen molar-refractivity contribution >= 4 is 49.3 Å². The van der Waals surface area contributed by atoms with E-state index in [-0.39, 0.29) is 58.5 Å². The lowest BCUT2D eigenvalue weighted by molar-refractivity contribution is -0.153. The number of halogens is 2. The Bertz CT molecular complexity index is 1360. The van der Waals surface area contributed by atoms with Crippen molar-refractivity contribution < 1.29 is 22.4 Å². The summed E-state index contributed by atoms with van der Waals surface area (Å²) in [4.78, 5) is 33.2. The summed E-state index contributed by atoms with van der Waals surface area (Å²) in [7, 11) is -4.16. The molecule has 1 amide bonds. The lowest BCUT2D eigenvalue weighted by atomic mass is 9.73. The lowest BCUT2D eigenvalue weighted by Gasteiger charge is -2.45. The van der Waals surface area contributed by atoms with Crippen molar-refractivity contribution in [2.24, 2.45) is 28.1 Å². The molecule has 176 valence electrons. The van der Waals surface area contributed by atoms with E-state index in [9.17, 15) is 22.4 Å². The van der Waals surface area contributed by atoms with E-state index in [0.717, 1.165) is 24.8 Å². The number of ketones is 1. The molecule has 34 heavy (non-hydrogen) atoms. The van der Waals surface area contributed by atoms with Gasteiger partial charge in [-0.05, 0) is 70.8 Å². The molecule has 2 aliphatic carbocycles. The molecular formula is C23H20BrFN4O4S. The van der Waals surface area contributed by atoms with Crippen LogP contribution in [0.3, 0.4) is 0 Å². The van der Waals surface area contributed by atoms with Crippen molar-refractivity contribution in [3.05, 3.63) is 52.4 Å². The van der Waals surface area contributed by atoms with Crippen LogP contribution >= 0.6 is 15.9 Å². The van der Waals surface area contributed by atoms with E-state index in [2.05, 4.69) is 30.6 Å². The van der Waals surface area contributed by atoms with Gasteiger partial charge in [0, 0.05) is 29.2 Å². The minimum Gasteiger partial charge on any atom is -0.333 e. The summed E-state index contributed by atoms with van der Waals surface area (Å²) >= 11 is 3.20. The summed E-state index contributed by atoms with van der Waals surface area (Å²) < 4.78 is 43.5. The number of sulfonamides is 1. The highest BCUT2D eigenvalue weighted by Gasteiger charge is 2.60. The van der Waals surface area contributed by atoms with E-state index < -0.39 is 21.8 Å². The zero-order valence-corrected chi connectivity index (χ0v) is 20.2. The van der Waals surface area contributed by atoms with Crippen LogP contribution in [0.2, 0.25) is 0 Å². The van der Waals surface area contributed by atoms with E-state index in [4.69, 9.17) is 0 Å². The number of carbonyl (C=O) groups excluding carboxylic acids is 2. The highest BCUT2D eigenvalue weighted by molar-refractivity contribution is 9.10. The fraction of sp³-hybridized carbons (Fsp3) is 0.391. The van der Waals surface area contributed by atoms with Gasteiger partial charge in [-0.3, -0.25) is 9.59 Å². The number of rotatable bonds is 3. The van der Waals surface area contributed by atoms with Crippen LogP contribution in [0.5, 0.6) is 0 Å². The van der Waals surface area contributed by atoms with E-state index >= 15 is 0 Å². The van der Waals surface area contributed by atoms with Crippen LogP contribution in [-0.4, -0.2) is 41.9 Å². The highest BCUT2D eigenvalue weighted by Crippen LogP contribution is 2.54. The van der Waals surface area contributed by atoms with Crippen molar-refractivity contribution in [1.82, 2.24) is 9.88 Å². The first kappa shape index (κ1) is 21.8. The van der Waals surface area contributed by atoms with Crippen molar-refractivity contribution in [1.29, 1.82) is 0 Å². The number of piperidine rings is 1. The van der Waals surface area contributed by atoms with Crippen LogP contribution in [0, 0.1) is 29.5 Å². The maximum atomic E-state index is 13.8. The summed E-state index contributed by atoms with van der Waals surface area (Å²) in [6.45, 7) is 0.217. The number of nitrogens with zero attached hydrogens (tertiary/aromatic N) is 3. The Morgan fingerprint density at radius 3 is 2.65 bits per heavy atom. The van der Waals surface area contributed by atoms with Gasteiger partial charge in [0.15, 0.2) is 17.5 Å². The molecule has 1 aromatic carbocycles. The van der Waals surface area contributed by atoms with Crippen molar-refractivity contribution in [3.8, 4) is 0 Å². The maximum absolute atomic E-state index is 13.8. The molecule has 3 heterocycles. The molecule has 1 aromatic heterocycles. The minimum absolute atomic E-state index is 0.0361. The second-order valence-electron chi connectivity index (χ2n) is 9.35. The number of amides is 1. The van der Waals surface area contributed by atoms with Gasteiger partial charge in [0.25, 0.3) is 10.0 Å². The topological polar surface area (TPSA) is 109 Å². The first-order valence-corrected chi connectivity index (χ1v) is 13.3. The van der Waals surface area contributed by atoms with Crippen LogP contribution < -0.4 is 5.32 Å². The number of hydrogen-bond donors (Lipinski definition) is 1. The summed E-state index contributed by atoms with van der Waals surface area (Å²) in [6, 6.07) is 7.06. The maximum Gasteiger partial charge on any atom is 0.287 e. The largest absolute Gasteiger partial charge is 0.333 e. The number of carbonyl (C=O) groups is 2. The number of likely N-dealkylation sites (tertiary alicyclic amines) is 1. The Hall–Kier alpha value is -2.66. The molecule has 2 aliphatic heterocycles. The van der Waals surface area contributed by atoms with Crippen molar-refractivity contribution in [3.63, 3.8) is 0 Å². The Labute approximate surface area is 203 Å². The molecular weight excluding hydrogens is 527 g/mol. The van der Waals surface area contributed by atoms with Gasteiger partial charge in [0.05, 0.1) is 0 Å². The number of Topliss-reactive ketones (excluding diaryl/α,β-unsaturated/α-hetero) is 1. The molecule has 0 radical (unpaired) electrons. The minimum atomic E-state index is -4.16. The molecule has 2 bridgehead atoms. The lowest BCUT2D eigenvalue weighted by Crippen LogP contribution is -2.61. The smallest absolute Gasteiger partial charge is 0.287 e. The molecule has 1 N–H and O–H groups in total. The molecule has 3 fully saturated rings. The van der Waals surface area contributed by atoms with Gasteiger partial charge in [-0.1, -0.05) is 12.1 Å². The molecule has 2 aromatic rings. The number of anilines is 1. The number of aromatic nitrogens is 1. The summed E-state index contributed by atoms with van der Waals surface area (Å²) in [5, 5.41) is 2.85. The second kappa shape index (κ2) is 7.67. The molecule has 0 spiro atoms. The van der Waals surface area contributed by atoms with E-state index in [1.165, 1.54) is 24.4 Å². The number of nitrogens with one attached hydrogen (secondary N) is 1. The predicted molar refractivity (Wildman–Crippen MR) is 124 cm³/mol. The standard InChI is InChI=1S/C23H20BrFN4O4S/c24-14-8-16-21(26-9-14)27-22(28-34(16,32)33)18-20(30)17-12-3-4-13(7-12)19(17)29(23(18)31)10-11-1-5-15(25)6-2-11/h1-2,5-6,8-9,12-13,17-19H,3-4,7,10H2,(H,26,27,28)/t12-,13+,17?,18?,19?/m0/s1. The second-order valence-corrected chi connectivity index (χ2v) is 11.8. The number of benzene rings is 1. The predicted octanol–water partition coefficient (Wildman–Crippen LogP) is 3.14. The third kappa shape index (κ3) is 3.31. The fourth-order valence-corrected chi connectivity index (χ4v) is 7.73. The monoisotopic (exact) mass is 546 g/mol. The molecule has 11 heteroatoms. The van der Waals surface area contributed by atoms with Crippen LogP contribution in [0.15, 0.2) is 50.3 Å². The molecule has 8 nitrogen and oxygen atoms in total. The van der Waals surface area contributed by atoms with Crippen LogP contribution in [0.4, 0.5) is 10.2 Å². The van der Waals surface area contributed by atoms with Gasteiger partial charge in [0.2, 0.25) is 5.91 Å². The van der Waals surface area contributed by atoms with E-state index in [1.54, 1.807) is 17.0 Å². The number of hydrogen-bond acceptors (Lipinski definition) is 6. The van der Waals surface area contributed by atoms with E-state index in [1.807, 2.05) is 0 Å². The Morgan fingerprint density at radius 1 is 1.15 bits per heavy atom. The molecule has 2 saturated carbocycles. The van der Waals surface area contributed by atoms with Crippen LogP contribution in [0.25, 0.3) is 0 Å².